The average Bonchev–Trinajstić information content (AvgIpc) is 2.58. The van der Waals surface area contributed by atoms with Gasteiger partial charge in [-0.1, -0.05) is 102 Å². The molecule has 0 atom stereocenters. The Morgan fingerprint density at radius 3 is 0.703 bits per heavy atom. The van der Waals surface area contributed by atoms with E-state index >= 15 is 0 Å². The summed E-state index contributed by atoms with van der Waals surface area (Å²) in [4.78, 5) is 0. The molecule has 0 unspecified atom stereocenters. The van der Waals surface area contributed by atoms with E-state index in [9.17, 15) is 0 Å². The Morgan fingerprint density at radius 1 is 0.297 bits per heavy atom. The van der Waals surface area contributed by atoms with E-state index in [4.69, 9.17) is 0 Å². The largest absolute Gasteiger partial charge is 0.312 e. The van der Waals surface area contributed by atoms with Crippen molar-refractivity contribution in [3.05, 3.63) is 0 Å². The lowest BCUT2D eigenvalue weighted by molar-refractivity contribution is 0.330. The van der Waals surface area contributed by atoms with Crippen molar-refractivity contribution in [2.75, 3.05) is 13.1 Å². The number of nitrogens with one attached hydrogen (secondary N) is 2. The number of hydrogen-bond acceptors (Lipinski definition) is 2. The molecule has 0 radical (unpaired) electrons. The Balaban J connectivity index is -0.000000469. The molecular weight excluding hydrogens is 448 g/mol. The number of unbranched alkanes of at least 4 members (excludes halogenated alkanes) is 2. The van der Waals surface area contributed by atoms with Gasteiger partial charge in [-0.25, -0.2) is 0 Å². The summed E-state index contributed by atoms with van der Waals surface area (Å²) in [5.41, 5.74) is 2.58. The second-order valence-electron chi connectivity index (χ2n) is 18.4. The molecule has 37 heavy (non-hydrogen) atoms. The fraction of sp³-hybridized carbons (Fsp3) is 1.00. The quantitative estimate of drug-likeness (QED) is 0.276. The van der Waals surface area contributed by atoms with Crippen LogP contribution in [-0.2, 0) is 0 Å². The molecule has 2 heteroatoms. The summed E-state index contributed by atoms with van der Waals surface area (Å²) in [6.45, 7) is 43.3. The molecule has 0 heterocycles. The summed E-state index contributed by atoms with van der Waals surface area (Å²) in [5.74, 6) is 0. The maximum absolute atomic E-state index is 3.49. The minimum absolute atomic E-state index is 0.276. The van der Waals surface area contributed by atoms with E-state index in [0.717, 1.165) is 13.1 Å². The van der Waals surface area contributed by atoms with Gasteiger partial charge >= 0.3 is 0 Å². The molecular formula is C35H78N2. The van der Waals surface area contributed by atoms with Gasteiger partial charge in [-0.2, -0.15) is 0 Å². The lowest BCUT2D eigenvalue weighted by atomic mass is 9.86. The lowest BCUT2D eigenvalue weighted by Crippen LogP contribution is -2.36. The zero-order chi connectivity index (χ0) is 30.2. The van der Waals surface area contributed by atoms with Crippen molar-refractivity contribution < 1.29 is 0 Å². The van der Waals surface area contributed by atoms with E-state index in [1.807, 2.05) is 0 Å². The van der Waals surface area contributed by atoms with E-state index in [0.29, 0.717) is 21.7 Å². The fourth-order valence-corrected chi connectivity index (χ4v) is 3.65. The molecule has 0 aromatic heterocycles. The molecule has 2 nitrogen and oxygen atoms in total. The van der Waals surface area contributed by atoms with Crippen LogP contribution in [0.5, 0.6) is 0 Å². The molecule has 0 spiro atoms. The van der Waals surface area contributed by atoms with Gasteiger partial charge in [0.25, 0.3) is 0 Å². The van der Waals surface area contributed by atoms with Gasteiger partial charge in [0.05, 0.1) is 0 Å². The molecule has 0 aliphatic carbocycles. The van der Waals surface area contributed by atoms with E-state index < -0.39 is 0 Å². The van der Waals surface area contributed by atoms with Gasteiger partial charge in [-0.05, 0) is 115 Å². The van der Waals surface area contributed by atoms with Crippen molar-refractivity contribution in [1.82, 2.24) is 10.6 Å². The average molecular weight is 527 g/mol. The summed E-state index contributed by atoms with van der Waals surface area (Å²) in [6.07, 6.45) is 12.1. The van der Waals surface area contributed by atoms with Crippen LogP contribution in [0, 0.1) is 21.7 Å². The summed E-state index contributed by atoms with van der Waals surface area (Å²) in [6, 6.07) is 0. The van der Waals surface area contributed by atoms with Crippen molar-refractivity contribution >= 4 is 0 Å². The molecule has 0 amide bonds. The Labute approximate surface area is 238 Å². The second-order valence-corrected chi connectivity index (χ2v) is 18.4. The Kier molecular flexibility index (Phi) is 20.5. The highest BCUT2D eigenvalue weighted by Crippen LogP contribution is 2.26. The Hall–Kier alpha value is -0.0800. The molecule has 0 aliphatic heterocycles. The predicted molar refractivity (Wildman–Crippen MR) is 175 cm³/mol. The zero-order valence-electron chi connectivity index (χ0n) is 29.8. The van der Waals surface area contributed by atoms with E-state index in [-0.39, 0.29) is 11.1 Å². The van der Waals surface area contributed by atoms with Gasteiger partial charge in [0, 0.05) is 11.1 Å². The molecule has 0 rings (SSSR count). The first-order chi connectivity index (χ1) is 16.1. The smallest absolute Gasteiger partial charge is 0.00965 e. The van der Waals surface area contributed by atoms with Gasteiger partial charge in [0.1, 0.15) is 0 Å². The van der Waals surface area contributed by atoms with Crippen molar-refractivity contribution in [1.29, 1.82) is 0 Å². The standard InChI is InChI=1S/C13H28.2C11H25N/c1-12(2,3)10-8-7-9-11-13(4,5)6;2*1-10(2,3)8-7-9-12-11(4,5)6/h7-11H2,1-6H3;2*12H,7-9H2,1-6H3. The van der Waals surface area contributed by atoms with Crippen LogP contribution in [0.2, 0.25) is 0 Å². The zero-order valence-corrected chi connectivity index (χ0v) is 29.8. The Morgan fingerprint density at radius 2 is 0.514 bits per heavy atom. The van der Waals surface area contributed by atoms with Crippen LogP contribution in [0.25, 0.3) is 0 Å². The third-order valence-electron chi connectivity index (χ3n) is 5.87. The molecule has 228 valence electrons. The predicted octanol–water partition coefficient (Wildman–Crippen LogP) is 11.4. The molecule has 0 aliphatic rings. The maximum atomic E-state index is 3.49. The minimum atomic E-state index is 0.276. The first-order valence-corrected chi connectivity index (χ1v) is 15.6. The van der Waals surface area contributed by atoms with Crippen molar-refractivity contribution in [3.63, 3.8) is 0 Å². The maximum Gasteiger partial charge on any atom is 0.00965 e. The second kappa shape index (κ2) is 18.3. The van der Waals surface area contributed by atoms with E-state index in [1.54, 1.807) is 0 Å². The highest BCUT2D eigenvalue weighted by Gasteiger charge is 2.13. The van der Waals surface area contributed by atoms with Crippen LogP contribution in [0.4, 0.5) is 0 Å². The van der Waals surface area contributed by atoms with Crippen LogP contribution in [0.3, 0.4) is 0 Å². The van der Waals surface area contributed by atoms with E-state index in [1.165, 1.54) is 57.8 Å². The summed E-state index contributed by atoms with van der Waals surface area (Å²) in [7, 11) is 0. The molecule has 0 aromatic rings. The summed E-state index contributed by atoms with van der Waals surface area (Å²) >= 11 is 0. The normalized spacial score (nSPS) is 13.5. The van der Waals surface area contributed by atoms with Crippen molar-refractivity contribution in [2.45, 2.75) is 193 Å². The third kappa shape index (κ3) is 53.0. The van der Waals surface area contributed by atoms with Gasteiger partial charge in [0.2, 0.25) is 0 Å². The first kappa shape index (κ1) is 41.4. The minimum Gasteiger partial charge on any atom is -0.312 e. The van der Waals surface area contributed by atoms with Crippen LogP contribution < -0.4 is 10.6 Å². The molecule has 0 aromatic carbocycles. The summed E-state index contributed by atoms with van der Waals surface area (Å²) < 4.78 is 0. The van der Waals surface area contributed by atoms with Crippen LogP contribution >= 0.6 is 0 Å². The number of hydrogen-bond donors (Lipinski definition) is 2. The van der Waals surface area contributed by atoms with Crippen LogP contribution in [0.15, 0.2) is 0 Å². The molecule has 0 fully saturated rings. The molecule has 0 saturated heterocycles. The lowest BCUT2D eigenvalue weighted by Gasteiger charge is -2.23. The summed E-state index contributed by atoms with van der Waals surface area (Å²) in [5, 5.41) is 6.99. The fourth-order valence-electron chi connectivity index (χ4n) is 3.65. The SMILES string of the molecule is CC(C)(C)CCCCCC(C)(C)C.CC(C)(C)CCCNC(C)(C)C.CC(C)(C)CCCNC(C)(C)C. The molecule has 0 bridgehead atoms. The molecule has 2 N–H and O–H groups in total. The highest BCUT2D eigenvalue weighted by molar-refractivity contribution is 4.72. The highest BCUT2D eigenvalue weighted by atomic mass is 14.9. The van der Waals surface area contributed by atoms with Gasteiger partial charge < -0.3 is 10.6 Å². The van der Waals surface area contributed by atoms with Crippen molar-refractivity contribution in [3.8, 4) is 0 Å². The van der Waals surface area contributed by atoms with Crippen molar-refractivity contribution in [2.24, 2.45) is 21.7 Å². The topological polar surface area (TPSA) is 24.1 Å². The van der Waals surface area contributed by atoms with Gasteiger partial charge in [-0.3, -0.25) is 0 Å². The van der Waals surface area contributed by atoms with Crippen LogP contribution in [0.1, 0.15) is 182 Å². The molecule has 0 saturated carbocycles. The van der Waals surface area contributed by atoms with E-state index in [2.05, 4.69) is 135 Å². The first-order valence-electron chi connectivity index (χ1n) is 15.6. The van der Waals surface area contributed by atoms with Gasteiger partial charge in [-0.15, -0.1) is 0 Å². The number of rotatable bonds is 10. The van der Waals surface area contributed by atoms with Gasteiger partial charge in [0.15, 0.2) is 0 Å². The monoisotopic (exact) mass is 527 g/mol. The third-order valence-corrected chi connectivity index (χ3v) is 5.87. The van der Waals surface area contributed by atoms with Crippen LogP contribution in [-0.4, -0.2) is 24.2 Å². The Bertz CT molecular complexity index is 424.